The molecule has 0 spiro atoms. The van der Waals surface area contributed by atoms with E-state index in [0.29, 0.717) is 18.2 Å². The van der Waals surface area contributed by atoms with Gasteiger partial charge in [-0.15, -0.1) is 0 Å². The quantitative estimate of drug-likeness (QED) is 0.383. The molecule has 5 nitrogen and oxygen atoms in total. The van der Waals surface area contributed by atoms with Gasteiger partial charge in [0.25, 0.3) is 0 Å². The fraction of sp³-hybridized carbons (Fsp3) is 0.464. The fourth-order valence-corrected chi connectivity index (χ4v) is 5.36. The van der Waals surface area contributed by atoms with Crippen LogP contribution in [0.2, 0.25) is 0 Å². The molecule has 1 aromatic heterocycles. The highest BCUT2D eigenvalue weighted by Crippen LogP contribution is 2.39. The number of aryl methyl sites for hydroxylation is 1. The number of fused-ring (bicyclic) bond motifs is 1. The Bertz CT molecular complexity index is 1080. The van der Waals surface area contributed by atoms with Gasteiger partial charge in [0.15, 0.2) is 0 Å². The van der Waals surface area contributed by atoms with E-state index in [4.69, 9.17) is 11.5 Å². The van der Waals surface area contributed by atoms with Crippen molar-refractivity contribution in [3.05, 3.63) is 70.9 Å². The van der Waals surface area contributed by atoms with Crippen LogP contribution in [0.15, 0.2) is 48.7 Å². The number of primary amides is 1. The van der Waals surface area contributed by atoms with Gasteiger partial charge >= 0.3 is 0 Å². The smallest absolute Gasteiger partial charge is 0.248 e. The summed E-state index contributed by atoms with van der Waals surface area (Å²) in [6.07, 6.45) is 10.7. The minimum atomic E-state index is -0.371. The van der Waals surface area contributed by atoms with Crippen LogP contribution < -0.4 is 16.8 Å². The van der Waals surface area contributed by atoms with Gasteiger partial charge in [0.1, 0.15) is 0 Å². The Balaban J connectivity index is 1.78. The highest BCUT2D eigenvalue weighted by molar-refractivity contribution is 5.98. The highest BCUT2D eigenvalue weighted by atomic mass is 16.1. The summed E-state index contributed by atoms with van der Waals surface area (Å²) in [5.74, 6) is -0.130. The fourth-order valence-electron chi connectivity index (χ4n) is 5.36. The second-order valence-electron chi connectivity index (χ2n) is 9.53. The predicted octanol–water partition coefficient (Wildman–Crippen LogP) is 5.01. The molecule has 1 aliphatic carbocycles. The second kappa shape index (κ2) is 11.0. The number of benzene rings is 2. The Morgan fingerprint density at radius 3 is 2.67 bits per heavy atom. The van der Waals surface area contributed by atoms with Crippen molar-refractivity contribution < 1.29 is 4.79 Å². The largest absolute Gasteiger partial charge is 0.366 e. The number of nitrogens with two attached hydrogens (primary N) is 2. The minimum Gasteiger partial charge on any atom is -0.366 e. The van der Waals surface area contributed by atoms with E-state index in [1.54, 1.807) is 0 Å². The molecule has 2 aromatic carbocycles. The molecule has 0 saturated heterocycles. The molecule has 33 heavy (non-hydrogen) atoms. The first-order chi connectivity index (χ1) is 16.1. The van der Waals surface area contributed by atoms with Crippen LogP contribution in [0.25, 0.3) is 10.9 Å². The van der Waals surface area contributed by atoms with Crippen molar-refractivity contribution in [2.75, 3.05) is 19.6 Å². The summed E-state index contributed by atoms with van der Waals surface area (Å²) in [5, 5.41) is 4.72. The first kappa shape index (κ1) is 23.5. The maximum Gasteiger partial charge on any atom is 0.248 e. The summed E-state index contributed by atoms with van der Waals surface area (Å²) in [6.45, 7) is 4.71. The van der Waals surface area contributed by atoms with Crippen molar-refractivity contribution in [2.24, 2.45) is 11.5 Å². The van der Waals surface area contributed by atoms with Gasteiger partial charge < -0.3 is 21.4 Å². The van der Waals surface area contributed by atoms with Gasteiger partial charge in [0, 0.05) is 34.6 Å². The molecule has 176 valence electrons. The van der Waals surface area contributed by atoms with Crippen molar-refractivity contribution in [3.8, 4) is 0 Å². The molecule has 1 heterocycles. The summed E-state index contributed by atoms with van der Waals surface area (Å²) in [6, 6.07) is 15.3. The van der Waals surface area contributed by atoms with Gasteiger partial charge in [-0.3, -0.25) is 4.79 Å². The van der Waals surface area contributed by atoms with Crippen LogP contribution in [0.5, 0.6) is 0 Å². The van der Waals surface area contributed by atoms with E-state index in [9.17, 15) is 4.79 Å². The maximum absolute atomic E-state index is 12.0. The normalized spacial score (nSPS) is 15.7. The van der Waals surface area contributed by atoms with Gasteiger partial charge in [-0.1, -0.05) is 49.1 Å². The number of amides is 1. The molecule has 1 aliphatic rings. The standard InChI is InChI=1S/C28H38N4O/c1-20-7-5-8-21(17-20)24(13-16-31-15-6-14-29)26-19-32(23-9-3-2-4-10-23)27-12-11-22(28(30)33)18-25(26)27/h5,7-8,11-12,17-19,23-24,31H,2-4,6,9-10,13-16,29H2,1H3,(H2,30,33). The molecular weight excluding hydrogens is 408 g/mol. The predicted molar refractivity (Wildman–Crippen MR) is 137 cm³/mol. The Hall–Kier alpha value is -2.63. The van der Waals surface area contributed by atoms with Crippen LogP contribution in [0.3, 0.4) is 0 Å². The van der Waals surface area contributed by atoms with Crippen LogP contribution in [-0.2, 0) is 0 Å². The molecule has 5 N–H and O–H groups in total. The zero-order valence-corrected chi connectivity index (χ0v) is 19.9. The van der Waals surface area contributed by atoms with E-state index < -0.39 is 0 Å². The molecule has 0 aliphatic heterocycles. The second-order valence-corrected chi connectivity index (χ2v) is 9.53. The van der Waals surface area contributed by atoms with Crippen LogP contribution in [-0.4, -0.2) is 30.1 Å². The monoisotopic (exact) mass is 446 g/mol. The molecule has 1 atom stereocenters. The Morgan fingerprint density at radius 2 is 1.94 bits per heavy atom. The van der Waals surface area contributed by atoms with Crippen LogP contribution in [0.4, 0.5) is 0 Å². The van der Waals surface area contributed by atoms with Crippen molar-refractivity contribution in [2.45, 2.75) is 63.8 Å². The Labute approximate surface area is 197 Å². The molecular formula is C28H38N4O. The number of aromatic nitrogens is 1. The maximum atomic E-state index is 12.0. The van der Waals surface area contributed by atoms with E-state index in [1.807, 2.05) is 12.1 Å². The lowest BCUT2D eigenvalue weighted by molar-refractivity contribution is 0.100. The lowest BCUT2D eigenvalue weighted by Crippen LogP contribution is -2.21. The number of hydrogen-bond acceptors (Lipinski definition) is 3. The summed E-state index contributed by atoms with van der Waals surface area (Å²) >= 11 is 0. The SMILES string of the molecule is Cc1cccc(C(CCNCCCN)c2cn(C3CCCCC3)c3ccc(C(N)=O)cc23)c1. The Morgan fingerprint density at radius 1 is 1.12 bits per heavy atom. The molecule has 4 rings (SSSR count). The van der Waals surface area contributed by atoms with Gasteiger partial charge in [-0.05, 0) is 81.6 Å². The molecule has 1 fully saturated rings. The Kier molecular flexibility index (Phi) is 7.84. The van der Waals surface area contributed by atoms with E-state index in [2.05, 4.69) is 53.3 Å². The number of rotatable bonds is 10. The van der Waals surface area contributed by atoms with Gasteiger partial charge in [0.05, 0.1) is 0 Å². The zero-order valence-electron chi connectivity index (χ0n) is 19.9. The lowest BCUT2D eigenvalue weighted by atomic mass is 9.87. The molecule has 0 radical (unpaired) electrons. The number of carbonyl (C=O) groups is 1. The molecule has 5 heteroatoms. The van der Waals surface area contributed by atoms with Gasteiger partial charge in [0.2, 0.25) is 5.91 Å². The summed E-state index contributed by atoms with van der Waals surface area (Å²) < 4.78 is 2.49. The van der Waals surface area contributed by atoms with Crippen molar-refractivity contribution in [3.63, 3.8) is 0 Å². The summed E-state index contributed by atoms with van der Waals surface area (Å²) in [5.41, 5.74) is 17.0. The third-order valence-electron chi connectivity index (χ3n) is 7.10. The molecule has 3 aromatic rings. The van der Waals surface area contributed by atoms with Crippen molar-refractivity contribution in [1.29, 1.82) is 0 Å². The topological polar surface area (TPSA) is 86.1 Å². The average Bonchev–Trinajstić information content (AvgIpc) is 3.20. The molecule has 1 amide bonds. The number of nitrogens with zero attached hydrogens (tertiary/aromatic N) is 1. The molecule has 0 bridgehead atoms. The first-order valence-corrected chi connectivity index (χ1v) is 12.5. The third-order valence-corrected chi connectivity index (χ3v) is 7.10. The van der Waals surface area contributed by atoms with Crippen molar-refractivity contribution in [1.82, 2.24) is 9.88 Å². The third kappa shape index (κ3) is 5.48. The van der Waals surface area contributed by atoms with Crippen LogP contribution in [0.1, 0.15) is 84.0 Å². The average molecular weight is 447 g/mol. The number of nitrogens with one attached hydrogen (secondary N) is 1. The van der Waals surface area contributed by atoms with Gasteiger partial charge in [-0.2, -0.15) is 0 Å². The zero-order chi connectivity index (χ0) is 23.2. The van der Waals surface area contributed by atoms with Crippen LogP contribution >= 0.6 is 0 Å². The highest BCUT2D eigenvalue weighted by Gasteiger charge is 2.24. The minimum absolute atomic E-state index is 0.241. The van der Waals surface area contributed by atoms with Gasteiger partial charge in [-0.25, -0.2) is 0 Å². The number of carbonyl (C=O) groups excluding carboxylic acids is 1. The lowest BCUT2D eigenvalue weighted by Gasteiger charge is -2.24. The van der Waals surface area contributed by atoms with E-state index >= 15 is 0 Å². The molecule has 1 saturated carbocycles. The summed E-state index contributed by atoms with van der Waals surface area (Å²) in [7, 11) is 0. The number of hydrogen-bond donors (Lipinski definition) is 3. The van der Waals surface area contributed by atoms with Crippen molar-refractivity contribution >= 4 is 16.8 Å². The van der Waals surface area contributed by atoms with E-state index in [1.165, 1.54) is 54.3 Å². The summed E-state index contributed by atoms with van der Waals surface area (Å²) in [4.78, 5) is 12.0. The van der Waals surface area contributed by atoms with E-state index in [-0.39, 0.29) is 11.8 Å². The van der Waals surface area contributed by atoms with Crippen LogP contribution in [0, 0.1) is 6.92 Å². The molecule has 1 unspecified atom stereocenters. The first-order valence-electron chi connectivity index (χ1n) is 12.5. The van der Waals surface area contributed by atoms with E-state index in [0.717, 1.165) is 31.3 Å².